The van der Waals surface area contributed by atoms with Crippen molar-refractivity contribution in [2.75, 3.05) is 17.7 Å². The van der Waals surface area contributed by atoms with Crippen LogP contribution in [0.3, 0.4) is 0 Å². The highest BCUT2D eigenvalue weighted by Gasteiger charge is 2.18. The number of carbonyl (C=O) groups excluding carboxylic acids is 1. The van der Waals surface area contributed by atoms with Crippen LogP contribution in [0.15, 0.2) is 35.5 Å². The first-order chi connectivity index (χ1) is 11.0. The number of hydrogen-bond acceptors (Lipinski definition) is 6. The molecule has 1 heterocycles. The van der Waals surface area contributed by atoms with E-state index in [-0.39, 0.29) is 11.2 Å². The molecule has 0 aliphatic rings. The molecule has 6 nitrogen and oxygen atoms in total. The topological polar surface area (TPSA) is 90.1 Å². The van der Waals surface area contributed by atoms with E-state index in [1.165, 1.54) is 11.8 Å². The minimum absolute atomic E-state index is 0.147. The number of nitrogens with zero attached hydrogens (tertiary/aromatic N) is 2. The number of hydrogen-bond donors (Lipinski definition) is 2. The highest BCUT2D eigenvalue weighted by molar-refractivity contribution is 8.00. The van der Waals surface area contributed by atoms with Crippen molar-refractivity contribution in [2.24, 2.45) is 0 Å². The van der Waals surface area contributed by atoms with E-state index in [0.717, 1.165) is 5.69 Å². The molecule has 0 bridgehead atoms. The first kappa shape index (κ1) is 17.1. The third-order valence-electron chi connectivity index (χ3n) is 2.95. The van der Waals surface area contributed by atoms with Gasteiger partial charge in [-0.15, -0.1) is 0 Å². The smallest absolute Gasteiger partial charge is 0.237 e. The minimum Gasteiger partial charge on any atom is -0.492 e. The standard InChI is InChI=1S/C16H20N4O2S/c1-4-22-13-8-6-5-7-12(13)19-15(21)11(3)23-16-18-10(2)9-14(17)20-16/h5-9,11H,4H2,1-3H3,(H,19,21)(H2,17,18,20). The summed E-state index contributed by atoms with van der Waals surface area (Å²) < 4.78 is 5.50. The maximum Gasteiger partial charge on any atom is 0.237 e. The number of rotatable bonds is 6. The lowest BCUT2D eigenvalue weighted by molar-refractivity contribution is -0.115. The average molecular weight is 332 g/mol. The molecule has 0 saturated heterocycles. The van der Waals surface area contributed by atoms with Crippen LogP contribution < -0.4 is 15.8 Å². The Hall–Kier alpha value is -2.28. The van der Waals surface area contributed by atoms with Gasteiger partial charge in [0.25, 0.3) is 0 Å². The van der Waals surface area contributed by atoms with Gasteiger partial charge >= 0.3 is 0 Å². The quantitative estimate of drug-likeness (QED) is 0.624. The zero-order chi connectivity index (χ0) is 16.8. The molecule has 23 heavy (non-hydrogen) atoms. The van der Waals surface area contributed by atoms with E-state index in [2.05, 4.69) is 15.3 Å². The number of carbonyl (C=O) groups is 1. The van der Waals surface area contributed by atoms with Gasteiger partial charge in [0, 0.05) is 11.8 Å². The molecule has 1 unspecified atom stereocenters. The second-order valence-electron chi connectivity index (χ2n) is 4.90. The SMILES string of the molecule is CCOc1ccccc1NC(=O)C(C)Sc1nc(C)cc(N)n1. The molecule has 122 valence electrons. The second kappa shape index (κ2) is 7.82. The molecule has 0 aliphatic carbocycles. The van der Waals surface area contributed by atoms with Gasteiger partial charge in [0.2, 0.25) is 5.91 Å². The monoisotopic (exact) mass is 332 g/mol. The number of benzene rings is 1. The minimum atomic E-state index is -0.370. The number of nitrogens with two attached hydrogens (primary N) is 1. The lowest BCUT2D eigenvalue weighted by Crippen LogP contribution is -2.23. The molecular formula is C16H20N4O2S. The van der Waals surface area contributed by atoms with Crippen LogP contribution in [0.25, 0.3) is 0 Å². The Morgan fingerprint density at radius 3 is 2.83 bits per heavy atom. The molecule has 7 heteroatoms. The zero-order valence-corrected chi connectivity index (χ0v) is 14.2. The van der Waals surface area contributed by atoms with Crippen molar-refractivity contribution < 1.29 is 9.53 Å². The van der Waals surface area contributed by atoms with Gasteiger partial charge in [-0.25, -0.2) is 9.97 Å². The predicted molar refractivity (Wildman–Crippen MR) is 92.7 cm³/mol. The number of thioether (sulfide) groups is 1. The summed E-state index contributed by atoms with van der Waals surface area (Å²) in [5, 5.41) is 2.99. The van der Waals surface area contributed by atoms with Gasteiger partial charge in [-0.05, 0) is 32.9 Å². The molecule has 0 radical (unpaired) electrons. The number of nitrogens with one attached hydrogen (secondary N) is 1. The van der Waals surface area contributed by atoms with Crippen LogP contribution in [0, 0.1) is 6.92 Å². The largest absolute Gasteiger partial charge is 0.492 e. The number of aryl methyl sites for hydroxylation is 1. The van der Waals surface area contributed by atoms with Crippen LogP contribution in [0.2, 0.25) is 0 Å². The molecule has 1 aromatic carbocycles. The molecule has 3 N–H and O–H groups in total. The van der Waals surface area contributed by atoms with Gasteiger partial charge in [-0.1, -0.05) is 23.9 Å². The first-order valence-electron chi connectivity index (χ1n) is 7.30. The Morgan fingerprint density at radius 2 is 2.13 bits per heavy atom. The lowest BCUT2D eigenvalue weighted by Gasteiger charge is -2.14. The summed E-state index contributed by atoms with van der Waals surface area (Å²) in [6, 6.07) is 9.03. The molecule has 0 aliphatic heterocycles. The highest BCUT2D eigenvalue weighted by Crippen LogP contribution is 2.26. The van der Waals surface area contributed by atoms with E-state index >= 15 is 0 Å². The number of para-hydroxylation sites is 2. The van der Waals surface area contributed by atoms with E-state index in [9.17, 15) is 4.79 Å². The molecular weight excluding hydrogens is 312 g/mol. The lowest BCUT2D eigenvalue weighted by atomic mass is 10.3. The van der Waals surface area contributed by atoms with E-state index in [0.29, 0.717) is 29.0 Å². The molecule has 2 rings (SSSR count). The molecule has 1 amide bonds. The molecule has 1 atom stereocenters. The van der Waals surface area contributed by atoms with E-state index in [1.54, 1.807) is 19.1 Å². The summed E-state index contributed by atoms with van der Waals surface area (Å²) in [5.41, 5.74) is 7.13. The molecule has 0 spiro atoms. The van der Waals surface area contributed by atoms with Crippen molar-refractivity contribution in [3.63, 3.8) is 0 Å². The van der Waals surface area contributed by atoms with Crippen molar-refractivity contribution in [2.45, 2.75) is 31.2 Å². The summed E-state index contributed by atoms with van der Waals surface area (Å²) in [7, 11) is 0. The van der Waals surface area contributed by atoms with Crippen molar-refractivity contribution >= 4 is 29.2 Å². The number of amides is 1. The molecule has 1 aromatic heterocycles. The predicted octanol–water partition coefficient (Wildman–Crippen LogP) is 2.89. The number of anilines is 2. The van der Waals surface area contributed by atoms with Crippen molar-refractivity contribution in [1.82, 2.24) is 9.97 Å². The van der Waals surface area contributed by atoms with Gasteiger partial charge < -0.3 is 15.8 Å². The molecule has 0 fully saturated rings. The fourth-order valence-corrected chi connectivity index (χ4v) is 2.75. The van der Waals surface area contributed by atoms with Gasteiger partial charge in [0.1, 0.15) is 11.6 Å². The maximum absolute atomic E-state index is 12.4. The average Bonchev–Trinajstić information content (AvgIpc) is 2.48. The van der Waals surface area contributed by atoms with Crippen molar-refractivity contribution in [1.29, 1.82) is 0 Å². The Labute approximate surface area is 139 Å². The normalized spacial score (nSPS) is 11.8. The Balaban J connectivity index is 2.05. The third-order valence-corrected chi connectivity index (χ3v) is 3.91. The van der Waals surface area contributed by atoms with Gasteiger partial charge in [-0.2, -0.15) is 0 Å². The summed E-state index contributed by atoms with van der Waals surface area (Å²) >= 11 is 1.26. The summed E-state index contributed by atoms with van der Waals surface area (Å²) in [6.07, 6.45) is 0. The zero-order valence-electron chi connectivity index (χ0n) is 13.4. The van der Waals surface area contributed by atoms with E-state index < -0.39 is 0 Å². The first-order valence-corrected chi connectivity index (χ1v) is 8.18. The number of nitrogen functional groups attached to an aromatic ring is 1. The van der Waals surface area contributed by atoms with Crippen LogP contribution in [0.1, 0.15) is 19.5 Å². The van der Waals surface area contributed by atoms with Crippen LogP contribution in [0.4, 0.5) is 11.5 Å². The second-order valence-corrected chi connectivity index (χ2v) is 6.20. The van der Waals surface area contributed by atoms with E-state index in [4.69, 9.17) is 10.5 Å². The van der Waals surface area contributed by atoms with Crippen molar-refractivity contribution in [3.05, 3.63) is 36.0 Å². The highest BCUT2D eigenvalue weighted by atomic mass is 32.2. The van der Waals surface area contributed by atoms with Gasteiger partial charge in [0.15, 0.2) is 5.16 Å². The van der Waals surface area contributed by atoms with Crippen LogP contribution >= 0.6 is 11.8 Å². The number of ether oxygens (including phenoxy) is 1. The van der Waals surface area contributed by atoms with Crippen LogP contribution in [0.5, 0.6) is 5.75 Å². The summed E-state index contributed by atoms with van der Waals surface area (Å²) in [6.45, 7) is 6.07. The Morgan fingerprint density at radius 1 is 1.39 bits per heavy atom. The van der Waals surface area contributed by atoms with E-state index in [1.807, 2.05) is 32.0 Å². The summed E-state index contributed by atoms with van der Waals surface area (Å²) in [5.74, 6) is 0.900. The Kier molecular flexibility index (Phi) is 5.81. The van der Waals surface area contributed by atoms with Crippen LogP contribution in [-0.4, -0.2) is 27.7 Å². The summed E-state index contributed by atoms with van der Waals surface area (Å²) in [4.78, 5) is 20.8. The number of aromatic nitrogens is 2. The molecule has 0 saturated carbocycles. The van der Waals surface area contributed by atoms with Crippen LogP contribution in [-0.2, 0) is 4.79 Å². The maximum atomic E-state index is 12.4. The Bertz CT molecular complexity index is 673. The fraction of sp³-hybridized carbons (Fsp3) is 0.312. The van der Waals surface area contributed by atoms with Crippen molar-refractivity contribution in [3.8, 4) is 5.75 Å². The third kappa shape index (κ3) is 4.85. The molecule has 2 aromatic rings. The van der Waals surface area contributed by atoms with Gasteiger partial charge in [0.05, 0.1) is 17.5 Å². The van der Waals surface area contributed by atoms with Gasteiger partial charge in [-0.3, -0.25) is 4.79 Å². The fourth-order valence-electron chi connectivity index (χ4n) is 1.91.